The normalized spacial score (nSPS) is 20.5. The van der Waals surface area contributed by atoms with Crippen molar-refractivity contribution in [3.8, 4) is 0 Å². The molecule has 24 heavy (non-hydrogen) atoms. The molecule has 1 aliphatic rings. The predicted octanol–water partition coefficient (Wildman–Crippen LogP) is 0.993. The van der Waals surface area contributed by atoms with Gasteiger partial charge in [-0.15, -0.1) is 0 Å². The van der Waals surface area contributed by atoms with Crippen LogP contribution < -0.4 is 0 Å². The third-order valence-electron chi connectivity index (χ3n) is 4.30. The average Bonchev–Trinajstić information content (AvgIpc) is 3.22. The minimum Gasteiger partial charge on any atom is -0.396 e. The summed E-state index contributed by atoms with van der Waals surface area (Å²) in [6, 6.07) is 9.63. The van der Waals surface area contributed by atoms with Gasteiger partial charge >= 0.3 is 0 Å². The number of amides is 1. The van der Waals surface area contributed by atoms with E-state index in [4.69, 9.17) is 9.26 Å². The Morgan fingerprint density at radius 3 is 2.88 bits per heavy atom. The molecule has 1 aromatic heterocycles. The van der Waals surface area contributed by atoms with E-state index in [1.165, 1.54) is 0 Å². The van der Waals surface area contributed by atoms with Crippen molar-refractivity contribution in [3.63, 3.8) is 0 Å². The molecule has 0 bridgehead atoms. The van der Waals surface area contributed by atoms with Crippen LogP contribution >= 0.6 is 0 Å². The molecule has 2 aromatic rings. The molecule has 7 heteroatoms. The van der Waals surface area contributed by atoms with Crippen LogP contribution in [0.2, 0.25) is 0 Å². The number of ether oxygens (including phenoxy) is 1. The SMILES string of the molecule is COCc1noc([C@@H]2CN(C(=O)Cc3ccccc3)C[C@H]2CO)n1. The van der Waals surface area contributed by atoms with E-state index < -0.39 is 0 Å². The molecular formula is C17H21N3O4. The van der Waals surface area contributed by atoms with Gasteiger partial charge in [0, 0.05) is 32.7 Å². The first kappa shape index (κ1) is 16.6. The first-order chi connectivity index (χ1) is 11.7. The zero-order valence-electron chi connectivity index (χ0n) is 13.6. The first-order valence-electron chi connectivity index (χ1n) is 7.95. The summed E-state index contributed by atoms with van der Waals surface area (Å²) in [4.78, 5) is 18.6. The highest BCUT2D eigenvalue weighted by atomic mass is 16.5. The Bertz CT molecular complexity index is 673. The molecular weight excluding hydrogens is 310 g/mol. The summed E-state index contributed by atoms with van der Waals surface area (Å²) in [5.74, 6) is 0.724. The maximum absolute atomic E-state index is 12.5. The highest BCUT2D eigenvalue weighted by molar-refractivity contribution is 5.79. The zero-order chi connectivity index (χ0) is 16.9. The minimum atomic E-state index is -0.146. The van der Waals surface area contributed by atoms with Crippen molar-refractivity contribution in [2.45, 2.75) is 18.9 Å². The third kappa shape index (κ3) is 3.63. The van der Waals surface area contributed by atoms with Crippen LogP contribution in [0, 0.1) is 5.92 Å². The molecule has 0 radical (unpaired) electrons. The van der Waals surface area contributed by atoms with E-state index in [-0.39, 0.29) is 31.0 Å². The highest BCUT2D eigenvalue weighted by Crippen LogP contribution is 2.31. The van der Waals surface area contributed by atoms with Crippen LogP contribution in [0.4, 0.5) is 0 Å². The number of carbonyl (C=O) groups is 1. The number of aliphatic hydroxyl groups excluding tert-OH is 1. The van der Waals surface area contributed by atoms with Crippen LogP contribution in [0.15, 0.2) is 34.9 Å². The van der Waals surface area contributed by atoms with Gasteiger partial charge < -0.3 is 19.3 Å². The third-order valence-corrected chi connectivity index (χ3v) is 4.30. The molecule has 1 saturated heterocycles. The van der Waals surface area contributed by atoms with E-state index >= 15 is 0 Å². The number of nitrogens with zero attached hydrogens (tertiary/aromatic N) is 3. The Morgan fingerprint density at radius 1 is 1.38 bits per heavy atom. The summed E-state index contributed by atoms with van der Waals surface area (Å²) in [6.45, 7) is 1.22. The second kappa shape index (κ2) is 7.55. The van der Waals surface area contributed by atoms with Crippen LogP contribution in [0.5, 0.6) is 0 Å². The van der Waals surface area contributed by atoms with Gasteiger partial charge in [0.25, 0.3) is 0 Å². The van der Waals surface area contributed by atoms with Gasteiger partial charge in [0.2, 0.25) is 11.8 Å². The minimum absolute atomic E-state index is 0.0260. The number of hydrogen-bond acceptors (Lipinski definition) is 6. The quantitative estimate of drug-likeness (QED) is 0.849. The molecule has 2 atom stereocenters. The van der Waals surface area contributed by atoms with Crippen LogP contribution in [-0.2, 0) is 22.6 Å². The van der Waals surface area contributed by atoms with E-state index in [0.717, 1.165) is 5.56 Å². The van der Waals surface area contributed by atoms with Crippen LogP contribution in [-0.4, -0.2) is 52.9 Å². The summed E-state index contributed by atoms with van der Waals surface area (Å²) in [7, 11) is 1.56. The molecule has 1 fully saturated rings. The lowest BCUT2D eigenvalue weighted by atomic mass is 9.97. The smallest absolute Gasteiger partial charge is 0.232 e. The van der Waals surface area contributed by atoms with Gasteiger partial charge in [-0.3, -0.25) is 4.79 Å². The molecule has 1 aromatic carbocycles. The van der Waals surface area contributed by atoms with Gasteiger partial charge in [0.15, 0.2) is 5.82 Å². The maximum atomic E-state index is 12.5. The molecule has 0 unspecified atom stereocenters. The topological polar surface area (TPSA) is 88.7 Å². The standard InChI is InChI=1S/C17H21N3O4/c1-23-11-15-18-17(24-19-15)14-9-20(8-13(14)10-21)16(22)7-12-5-3-2-4-6-12/h2-6,13-14,21H,7-11H2,1H3/t13-,14+/m0/s1. The number of likely N-dealkylation sites (tertiary alicyclic amines) is 1. The summed E-state index contributed by atoms with van der Waals surface area (Å²) in [6.07, 6.45) is 0.352. The van der Waals surface area contributed by atoms with Gasteiger partial charge in [-0.2, -0.15) is 4.98 Å². The van der Waals surface area contributed by atoms with Crippen LogP contribution in [0.25, 0.3) is 0 Å². The van der Waals surface area contributed by atoms with E-state index in [2.05, 4.69) is 10.1 Å². The van der Waals surface area contributed by atoms with Crippen molar-refractivity contribution in [2.75, 3.05) is 26.8 Å². The maximum Gasteiger partial charge on any atom is 0.232 e. The molecule has 128 valence electrons. The van der Waals surface area contributed by atoms with Crippen molar-refractivity contribution in [1.29, 1.82) is 0 Å². The summed E-state index contributed by atoms with van der Waals surface area (Å²) in [5, 5.41) is 13.5. The molecule has 1 amide bonds. The molecule has 2 heterocycles. The number of benzene rings is 1. The van der Waals surface area contributed by atoms with Crippen LogP contribution in [0.3, 0.4) is 0 Å². The molecule has 0 spiro atoms. The summed E-state index contributed by atoms with van der Waals surface area (Å²) in [5.41, 5.74) is 0.978. The second-order valence-electron chi connectivity index (χ2n) is 5.99. The molecule has 1 aliphatic heterocycles. The predicted molar refractivity (Wildman–Crippen MR) is 85.1 cm³/mol. The Balaban J connectivity index is 1.68. The van der Waals surface area contributed by atoms with Crippen LogP contribution in [0.1, 0.15) is 23.2 Å². The Hall–Kier alpha value is -2.25. The van der Waals surface area contributed by atoms with E-state index in [9.17, 15) is 9.90 Å². The van der Waals surface area contributed by atoms with E-state index in [1.807, 2.05) is 30.3 Å². The fourth-order valence-corrected chi connectivity index (χ4v) is 3.03. The molecule has 3 rings (SSSR count). The first-order valence-corrected chi connectivity index (χ1v) is 7.95. The van der Waals surface area contributed by atoms with Gasteiger partial charge in [-0.1, -0.05) is 35.5 Å². The lowest BCUT2D eigenvalue weighted by Gasteiger charge is -2.16. The van der Waals surface area contributed by atoms with Gasteiger partial charge in [0.1, 0.15) is 6.61 Å². The largest absolute Gasteiger partial charge is 0.396 e. The van der Waals surface area contributed by atoms with E-state index in [1.54, 1.807) is 12.0 Å². The molecule has 7 nitrogen and oxygen atoms in total. The highest BCUT2D eigenvalue weighted by Gasteiger charge is 2.38. The lowest BCUT2D eigenvalue weighted by Crippen LogP contribution is -2.30. The van der Waals surface area contributed by atoms with Crippen molar-refractivity contribution in [1.82, 2.24) is 15.0 Å². The zero-order valence-corrected chi connectivity index (χ0v) is 13.6. The number of carbonyl (C=O) groups excluding carboxylic acids is 1. The van der Waals surface area contributed by atoms with Crippen molar-refractivity contribution in [3.05, 3.63) is 47.6 Å². The van der Waals surface area contributed by atoms with Crippen molar-refractivity contribution >= 4 is 5.91 Å². The van der Waals surface area contributed by atoms with Gasteiger partial charge in [-0.25, -0.2) is 0 Å². The number of aliphatic hydroxyl groups is 1. The van der Waals surface area contributed by atoms with E-state index in [0.29, 0.717) is 31.2 Å². The number of hydrogen-bond donors (Lipinski definition) is 1. The summed E-state index contributed by atoms with van der Waals surface area (Å²) < 4.78 is 10.3. The second-order valence-corrected chi connectivity index (χ2v) is 5.99. The lowest BCUT2D eigenvalue weighted by molar-refractivity contribution is -0.129. The van der Waals surface area contributed by atoms with Gasteiger partial charge in [-0.05, 0) is 5.56 Å². The van der Waals surface area contributed by atoms with Crippen molar-refractivity contribution < 1.29 is 19.2 Å². The summed E-state index contributed by atoms with van der Waals surface area (Å²) >= 11 is 0. The Kier molecular flexibility index (Phi) is 5.22. The molecule has 1 N–H and O–H groups in total. The Morgan fingerprint density at radius 2 is 2.17 bits per heavy atom. The fraction of sp³-hybridized carbons (Fsp3) is 0.471. The fourth-order valence-electron chi connectivity index (χ4n) is 3.03. The van der Waals surface area contributed by atoms with Crippen molar-refractivity contribution in [2.24, 2.45) is 5.92 Å². The average molecular weight is 331 g/mol. The van der Waals surface area contributed by atoms with Gasteiger partial charge in [0.05, 0.1) is 12.3 Å². The Labute approximate surface area is 140 Å². The number of rotatable bonds is 6. The molecule has 0 saturated carbocycles. The number of methoxy groups -OCH3 is 1. The monoisotopic (exact) mass is 331 g/mol. The number of aromatic nitrogens is 2. The molecule has 0 aliphatic carbocycles.